The number of fused-ring (bicyclic) bond motifs is 1. The lowest BCUT2D eigenvalue weighted by molar-refractivity contribution is -0.126. The van der Waals surface area contributed by atoms with Gasteiger partial charge in [0.15, 0.2) is 0 Å². The van der Waals surface area contributed by atoms with Crippen LogP contribution in [0.2, 0.25) is 0 Å². The number of hydrazine groups is 1. The number of para-hydroxylation sites is 1. The predicted octanol–water partition coefficient (Wildman–Crippen LogP) is 3.24. The van der Waals surface area contributed by atoms with Crippen molar-refractivity contribution in [3.05, 3.63) is 41.0 Å². The number of amides is 2. The lowest BCUT2D eigenvalue weighted by Gasteiger charge is -2.42. The molecule has 0 spiro atoms. The summed E-state index contributed by atoms with van der Waals surface area (Å²) >= 11 is 0. The first kappa shape index (κ1) is 21.1. The van der Waals surface area contributed by atoms with Gasteiger partial charge in [-0.3, -0.25) is 15.0 Å². The van der Waals surface area contributed by atoms with Crippen LogP contribution in [0.4, 0.5) is 5.69 Å². The molecule has 6 heteroatoms. The molecule has 0 aromatic heterocycles. The Hall–Kier alpha value is -2.18. The van der Waals surface area contributed by atoms with E-state index < -0.39 is 5.92 Å². The minimum Gasteiger partial charge on any atom is -0.308 e. The maximum Gasteiger partial charge on any atom is 0.235 e. The highest BCUT2D eigenvalue weighted by Gasteiger charge is 2.42. The van der Waals surface area contributed by atoms with Gasteiger partial charge in [0.05, 0.1) is 5.92 Å². The van der Waals surface area contributed by atoms with Crippen LogP contribution in [0.5, 0.6) is 0 Å². The number of benzene rings is 1. The minimum atomic E-state index is -0.427. The smallest absolute Gasteiger partial charge is 0.235 e. The maximum absolute atomic E-state index is 13.3. The van der Waals surface area contributed by atoms with E-state index in [1.165, 1.54) is 31.3 Å². The predicted molar refractivity (Wildman–Crippen MR) is 119 cm³/mol. The SMILES string of the molecule is CC(C)=C1CCC(N2CCC(N3C(=O)C(CC(=O)NN)c4ccccc43)CC2)CC1. The van der Waals surface area contributed by atoms with E-state index in [9.17, 15) is 9.59 Å². The minimum absolute atomic E-state index is 0.0455. The number of anilines is 1. The molecule has 6 nitrogen and oxygen atoms in total. The van der Waals surface area contributed by atoms with Crippen LogP contribution < -0.4 is 16.2 Å². The number of carbonyl (C=O) groups is 2. The fraction of sp³-hybridized carbons (Fsp3) is 0.583. The molecule has 162 valence electrons. The van der Waals surface area contributed by atoms with Crippen molar-refractivity contribution in [2.75, 3.05) is 18.0 Å². The largest absolute Gasteiger partial charge is 0.308 e. The van der Waals surface area contributed by atoms with E-state index in [4.69, 9.17) is 5.84 Å². The molecule has 1 aromatic carbocycles. The Morgan fingerprint density at radius 1 is 1.07 bits per heavy atom. The standard InChI is InChI=1S/C24H34N4O2/c1-16(2)17-7-9-18(10-8-17)27-13-11-19(12-14-27)28-22-6-4-3-5-20(22)21(24(28)30)15-23(29)26-25/h3-6,18-19,21H,7-15,25H2,1-2H3,(H,26,29). The fourth-order valence-electron chi connectivity index (χ4n) is 5.56. The van der Waals surface area contributed by atoms with Crippen molar-refractivity contribution < 1.29 is 9.59 Å². The van der Waals surface area contributed by atoms with Gasteiger partial charge in [0.2, 0.25) is 11.8 Å². The number of nitrogens with one attached hydrogen (secondary N) is 1. The second-order valence-corrected chi connectivity index (χ2v) is 9.19. The fourth-order valence-corrected chi connectivity index (χ4v) is 5.56. The zero-order valence-electron chi connectivity index (χ0n) is 18.2. The number of likely N-dealkylation sites (tertiary alicyclic amines) is 1. The van der Waals surface area contributed by atoms with Crippen molar-refractivity contribution in [3.63, 3.8) is 0 Å². The van der Waals surface area contributed by atoms with Crippen LogP contribution in [-0.2, 0) is 9.59 Å². The van der Waals surface area contributed by atoms with Gasteiger partial charge in [0.1, 0.15) is 0 Å². The van der Waals surface area contributed by atoms with E-state index in [1.807, 2.05) is 29.2 Å². The molecule has 2 heterocycles. The second kappa shape index (κ2) is 8.90. The Balaban J connectivity index is 1.42. The van der Waals surface area contributed by atoms with Crippen LogP contribution >= 0.6 is 0 Å². The van der Waals surface area contributed by atoms with Gasteiger partial charge in [0, 0.05) is 37.3 Å². The summed E-state index contributed by atoms with van der Waals surface area (Å²) in [5.74, 6) is 4.59. The Morgan fingerprint density at radius 2 is 1.73 bits per heavy atom. The van der Waals surface area contributed by atoms with Gasteiger partial charge < -0.3 is 9.80 Å². The molecule has 2 aliphatic heterocycles. The lowest BCUT2D eigenvalue weighted by Crippen LogP contribution is -2.50. The number of hydrogen-bond donors (Lipinski definition) is 2. The Morgan fingerprint density at radius 3 is 2.37 bits per heavy atom. The van der Waals surface area contributed by atoms with Crippen LogP contribution in [0, 0.1) is 0 Å². The van der Waals surface area contributed by atoms with E-state index in [-0.39, 0.29) is 24.3 Å². The first-order valence-electron chi connectivity index (χ1n) is 11.3. The molecule has 1 saturated heterocycles. The van der Waals surface area contributed by atoms with Gasteiger partial charge in [-0.1, -0.05) is 29.3 Å². The van der Waals surface area contributed by atoms with Crippen LogP contribution in [0.3, 0.4) is 0 Å². The van der Waals surface area contributed by atoms with Gasteiger partial charge in [-0.2, -0.15) is 0 Å². The maximum atomic E-state index is 13.3. The molecule has 30 heavy (non-hydrogen) atoms. The third-order valence-electron chi connectivity index (χ3n) is 7.30. The normalized spacial score (nSPS) is 25.4. The van der Waals surface area contributed by atoms with Gasteiger partial charge in [-0.15, -0.1) is 0 Å². The molecule has 1 aromatic rings. The molecular weight excluding hydrogens is 376 g/mol. The number of piperidine rings is 1. The highest BCUT2D eigenvalue weighted by Crippen LogP contribution is 2.42. The summed E-state index contributed by atoms with van der Waals surface area (Å²) in [7, 11) is 0. The number of nitrogens with zero attached hydrogens (tertiary/aromatic N) is 2. The van der Waals surface area contributed by atoms with Crippen LogP contribution in [0.1, 0.15) is 70.3 Å². The lowest BCUT2D eigenvalue weighted by atomic mass is 9.86. The molecule has 1 aliphatic carbocycles. The van der Waals surface area contributed by atoms with Crippen molar-refractivity contribution >= 4 is 17.5 Å². The zero-order chi connectivity index (χ0) is 21.3. The van der Waals surface area contributed by atoms with Gasteiger partial charge in [0.25, 0.3) is 0 Å². The van der Waals surface area contributed by atoms with Crippen molar-refractivity contribution in [1.82, 2.24) is 10.3 Å². The molecule has 4 rings (SSSR count). The molecule has 1 unspecified atom stereocenters. The summed E-state index contributed by atoms with van der Waals surface area (Å²) in [6.45, 7) is 6.55. The summed E-state index contributed by atoms with van der Waals surface area (Å²) < 4.78 is 0. The average Bonchev–Trinajstić information content (AvgIpc) is 3.05. The molecule has 1 atom stereocenters. The van der Waals surface area contributed by atoms with Crippen molar-refractivity contribution in [2.24, 2.45) is 5.84 Å². The van der Waals surface area contributed by atoms with Gasteiger partial charge >= 0.3 is 0 Å². The summed E-state index contributed by atoms with van der Waals surface area (Å²) in [4.78, 5) is 29.8. The molecule has 3 N–H and O–H groups in total. The van der Waals surface area contributed by atoms with E-state index in [2.05, 4.69) is 24.2 Å². The first-order chi connectivity index (χ1) is 14.5. The highest BCUT2D eigenvalue weighted by atomic mass is 16.2. The number of hydrogen-bond acceptors (Lipinski definition) is 4. The van der Waals surface area contributed by atoms with E-state index in [0.717, 1.165) is 37.2 Å². The number of allylic oxidation sites excluding steroid dienone is 2. The molecule has 0 radical (unpaired) electrons. The van der Waals surface area contributed by atoms with Crippen molar-refractivity contribution in [3.8, 4) is 0 Å². The van der Waals surface area contributed by atoms with E-state index in [0.29, 0.717) is 6.04 Å². The van der Waals surface area contributed by atoms with E-state index in [1.54, 1.807) is 5.57 Å². The van der Waals surface area contributed by atoms with Crippen molar-refractivity contribution in [2.45, 2.75) is 76.8 Å². The highest BCUT2D eigenvalue weighted by molar-refractivity contribution is 6.07. The van der Waals surface area contributed by atoms with Crippen LogP contribution in [0.15, 0.2) is 35.4 Å². The zero-order valence-corrected chi connectivity index (χ0v) is 18.2. The molecule has 3 aliphatic rings. The van der Waals surface area contributed by atoms with Crippen LogP contribution in [-0.4, -0.2) is 41.9 Å². The molecular formula is C24H34N4O2. The third kappa shape index (κ3) is 4.03. The number of rotatable bonds is 4. The van der Waals surface area contributed by atoms with Crippen molar-refractivity contribution in [1.29, 1.82) is 0 Å². The first-order valence-corrected chi connectivity index (χ1v) is 11.3. The van der Waals surface area contributed by atoms with Gasteiger partial charge in [-0.25, -0.2) is 5.84 Å². The Kier molecular flexibility index (Phi) is 6.25. The Labute approximate surface area is 179 Å². The molecule has 2 amide bonds. The average molecular weight is 411 g/mol. The molecule has 0 bridgehead atoms. The molecule has 1 saturated carbocycles. The third-order valence-corrected chi connectivity index (χ3v) is 7.30. The topological polar surface area (TPSA) is 78.7 Å². The van der Waals surface area contributed by atoms with E-state index >= 15 is 0 Å². The van der Waals surface area contributed by atoms with Crippen LogP contribution in [0.25, 0.3) is 0 Å². The summed E-state index contributed by atoms with van der Waals surface area (Å²) in [5, 5.41) is 0. The van der Waals surface area contributed by atoms with Gasteiger partial charge in [-0.05, 0) is 64.0 Å². The number of nitrogens with two attached hydrogens (primary N) is 1. The summed E-state index contributed by atoms with van der Waals surface area (Å²) in [5.41, 5.74) is 7.24. The summed E-state index contributed by atoms with van der Waals surface area (Å²) in [6.07, 6.45) is 7.06. The Bertz CT molecular complexity index is 827. The molecule has 2 fully saturated rings. The monoisotopic (exact) mass is 410 g/mol. The quantitative estimate of drug-likeness (QED) is 0.346. The second-order valence-electron chi connectivity index (χ2n) is 9.19. The summed E-state index contributed by atoms with van der Waals surface area (Å²) in [6, 6.07) is 8.79. The number of carbonyl (C=O) groups excluding carboxylic acids is 2.